The molecule has 3 heterocycles. The first-order chi connectivity index (χ1) is 13.1. The highest BCUT2D eigenvalue weighted by Gasteiger charge is 2.49. The van der Waals surface area contributed by atoms with E-state index in [0.717, 1.165) is 16.8 Å². The normalized spacial score (nSPS) is 42.5. The Kier molecular flexibility index (Phi) is 6.03. The monoisotopic (exact) mass is 404 g/mol. The van der Waals surface area contributed by atoms with Crippen LogP contribution in [0.1, 0.15) is 19.6 Å². The van der Waals surface area contributed by atoms with Gasteiger partial charge in [-0.3, -0.25) is 14.3 Å². The van der Waals surface area contributed by atoms with Crippen molar-refractivity contribution in [1.82, 2.24) is 9.55 Å². The first-order valence-electron chi connectivity index (χ1n) is 8.82. The Bertz CT molecular complexity index is 796. The van der Waals surface area contributed by atoms with Crippen molar-refractivity contribution < 1.29 is 40.1 Å². The molecule has 158 valence electrons. The number of aliphatic hydroxyl groups excluding tert-OH is 6. The fourth-order valence-corrected chi connectivity index (χ4v) is 3.51. The van der Waals surface area contributed by atoms with Crippen LogP contribution in [0.5, 0.6) is 0 Å². The van der Waals surface area contributed by atoms with Gasteiger partial charge in [0.1, 0.15) is 24.4 Å². The van der Waals surface area contributed by atoms with Crippen molar-refractivity contribution in [2.45, 2.75) is 68.6 Å². The molecule has 1 aromatic heterocycles. The van der Waals surface area contributed by atoms with E-state index in [1.54, 1.807) is 0 Å². The van der Waals surface area contributed by atoms with E-state index in [1.807, 2.05) is 4.98 Å². The van der Waals surface area contributed by atoms with Gasteiger partial charge >= 0.3 is 5.69 Å². The largest absolute Gasteiger partial charge is 0.390 e. The number of aliphatic hydroxyl groups is 6. The van der Waals surface area contributed by atoms with E-state index in [0.29, 0.717) is 0 Å². The van der Waals surface area contributed by atoms with Crippen LogP contribution in [0.2, 0.25) is 0 Å². The predicted octanol–water partition coefficient (Wildman–Crippen LogP) is -4.02. The van der Waals surface area contributed by atoms with Crippen LogP contribution >= 0.6 is 0 Å². The van der Waals surface area contributed by atoms with Crippen molar-refractivity contribution in [2.75, 3.05) is 0 Å². The quantitative estimate of drug-likeness (QED) is 0.260. The fraction of sp³-hybridized carbons (Fsp3) is 0.750. The Balaban J connectivity index is 1.73. The molecule has 1 aromatic rings. The Hall–Kier alpha value is -1.64. The number of hydrogen-bond donors (Lipinski definition) is 7. The third-order valence-electron chi connectivity index (χ3n) is 5.29. The van der Waals surface area contributed by atoms with Gasteiger partial charge in [-0.1, -0.05) is 6.92 Å². The van der Waals surface area contributed by atoms with Crippen LogP contribution in [-0.4, -0.2) is 89.2 Å². The standard InChI is InChI=1S/C16H24N2O10/c1-5-9(21)10(22)7(27-15(5)25)4-6(19)13-11(23)12(24)14(28-13)18-3-2-8(20)17-16(18)26/h2-3,5-7,9-15,19,21-25H,4H2,1H3,(H,17,20,26)/t5-,6-,7-,9?,10?,11+,12-,13+,14-,15-/m1/s1. The third-order valence-corrected chi connectivity index (χ3v) is 5.29. The van der Waals surface area contributed by atoms with E-state index in [9.17, 15) is 40.2 Å². The van der Waals surface area contributed by atoms with Crippen molar-refractivity contribution in [1.29, 1.82) is 0 Å². The summed E-state index contributed by atoms with van der Waals surface area (Å²) in [6.45, 7) is 1.48. The van der Waals surface area contributed by atoms with Crippen molar-refractivity contribution in [3.05, 3.63) is 33.1 Å². The zero-order valence-electron chi connectivity index (χ0n) is 14.9. The van der Waals surface area contributed by atoms with Gasteiger partial charge in [0.2, 0.25) is 0 Å². The number of hydrogen-bond acceptors (Lipinski definition) is 10. The van der Waals surface area contributed by atoms with Crippen LogP contribution in [0.4, 0.5) is 0 Å². The number of nitrogens with zero attached hydrogens (tertiary/aromatic N) is 1. The number of ether oxygens (including phenoxy) is 2. The summed E-state index contributed by atoms with van der Waals surface area (Å²) >= 11 is 0. The van der Waals surface area contributed by atoms with Crippen LogP contribution in [0, 0.1) is 5.92 Å². The molecule has 10 atom stereocenters. The molecule has 0 radical (unpaired) electrons. The smallest absolute Gasteiger partial charge is 0.330 e. The highest BCUT2D eigenvalue weighted by molar-refractivity contribution is 4.97. The lowest BCUT2D eigenvalue weighted by molar-refractivity contribution is -0.267. The topological polar surface area (TPSA) is 195 Å². The van der Waals surface area contributed by atoms with Gasteiger partial charge in [-0.05, 0) is 0 Å². The first kappa shape index (κ1) is 21.1. The lowest BCUT2D eigenvalue weighted by Crippen LogP contribution is -2.55. The van der Waals surface area contributed by atoms with E-state index in [4.69, 9.17) is 9.47 Å². The molecule has 2 saturated heterocycles. The van der Waals surface area contributed by atoms with Gasteiger partial charge in [-0.15, -0.1) is 0 Å². The van der Waals surface area contributed by atoms with Gasteiger partial charge < -0.3 is 40.1 Å². The molecular formula is C16H24N2O10. The molecule has 0 aromatic carbocycles. The van der Waals surface area contributed by atoms with E-state index in [1.165, 1.54) is 6.92 Å². The van der Waals surface area contributed by atoms with E-state index >= 15 is 0 Å². The van der Waals surface area contributed by atoms with E-state index in [-0.39, 0.29) is 6.42 Å². The fourth-order valence-electron chi connectivity index (χ4n) is 3.51. The van der Waals surface area contributed by atoms with Crippen molar-refractivity contribution in [3.8, 4) is 0 Å². The molecule has 7 N–H and O–H groups in total. The highest BCUT2D eigenvalue weighted by Crippen LogP contribution is 2.33. The number of aromatic amines is 1. The minimum atomic E-state index is -1.59. The Morgan fingerprint density at radius 1 is 1.07 bits per heavy atom. The summed E-state index contributed by atoms with van der Waals surface area (Å²) in [7, 11) is 0. The summed E-state index contributed by atoms with van der Waals surface area (Å²) in [4.78, 5) is 25.0. The molecule has 3 rings (SSSR count). The number of H-pyrrole nitrogens is 1. The minimum Gasteiger partial charge on any atom is -0.390 e. The van der Waals surface area contributed by atoms with Gasteiger partial charge in [0.05, 0.1) is 18.3 Å². The van der Waals surface area contributed by atoms with Gasteiger partial charge in [-0.2, -0.15) is 0 Å². The second-order valence-corrected chi connectivity index (χ2v) is 7.20. The maximum absolute atomic E-state index is 11.9. The lowest BCUT2D eigenvalue weighted by Gasteiger charge is -2.40. The Morgan fingerprint density at radius 3 is 2.39 bits per heavy atom. The second-order valence-electron chi connectivity index (χ2n) is 7.20. The Labute approximate surface area is 158 Å². The van der Waals surface area contributed by atoms with Gasteiger partial charge in [0, 0.05) is 24.6 Å². The van der Waals surface area contributed by atoms with Crippen LogP contribution in [-0.2, 0) is 9.47 Å². The molecule has 2 unspecified atom stereocenters. The minimum absolute atomic E-state index is 0.330. The molecule has 12 heteroatoms. The highest BCUT2D eigenvalue weighted by atomic mass is 16.6. The van der Waals surface area contributed by atoms with Crippen LogP contribution in [0.15, 0.2) is 21.9 Å². The molecular weight excluding hydrogens is 380 g/mol. The maximum Gasteiger partial charge on any atom is 0.330 e. The molecule has 28 heavy (non-hydrogen) atoms. The molecule has 2 aliphatic rings. The summed E-state index contributed by atoms with van der Waals surface area (Å²) in [6, 6.07) is 1.03. The summed E-state index contributed by atoms with van der Waals surface area (Å²) in [5.74, 6) is -0.741. The van der Waals surface area contributed by atoms with Gasteiger partial charge in [0.25, 0.3) is 5.56 Å². The molecule has 0 amide bonds. The molecule has 0 bridgehead atoms. The van der Waals surface area contributed by atoms with Crippen LogP contribution in [0.25, 0.3) is 0 Å². The predicted molar refractivity (Wildman–Crippen MR) is 89.9 cm³/mol. The maximum atomic E-state index is 11.9. The second kappa shape index (κ2) is 8.00. The third kappa shape index (κ3) is 3.77. The average molecular weight is 404 g/mol. The summed E-state index contributed by atoms with van der Waals surface area (Å²) in [6.07, 6.45) is -11.8. The summed E-state index contributed by atoms with van der Waals surface area (Å²) in [5.41, 5.74) is -1.52. The average Bonchev–Trinajstić information content (AvgIpc) is 2.93. The van der Waals surface area contributed by atoms with Crippen molar-refractivity contribution in [3.63, 3.8) is 0 Å². The molecule has 2 aliphatic heterocycles. The first-order valence-corrected chi connectivity index (χ1v) is 8.82. The Morgan fingerprint density at radius 2 is 1.75 bits per heavy atom. The summed E-state index contributed by atoms with van der Waals surface area (Å²) in [5, 5.41) is 60.7. The van der Waals surface area contributed by atoms with Gasteiger partial charge in [0.15, 0.2) is 12.5 Å². The SMILES string of the molecule is C[C@@H]1C(O)C(O)[C@@H](C[C@@H](O)[C@@H]2O[C@@H](n3ccc(=O)[nH]c3=O)[C@H](O)[C@@H]2O)O[C@H]1O. The number of nitrogens with one attached hydrogen (secondary N) is 1. The zero-order valence-corrected chi connectivity index (χ0v) is 14.9. The summed E-state index contributed by atoms with van der Waals surface area (Å²) < 4.78 is 11.5. The van der Waals surface area contributed by atoms with Crippen LogP contribution in [0.3, 0.4) is 0 Å². The molecule has 0 spiro atoms. The molecule has 0 aliphatic carbocycles. The number of aromatic nitrogens is 2. The number of rotatable bonds is 4. The van der Waals surface area contributed by atoms with Crippen LogP contribution < -0.4 is 11.2 Å². The molecule has 0 saturated carbocycles. The molecule has 12 nitrogen and oxygen atoms in total. The zero-order chi connectivity index (χ0) is 20.7. The van der Waals surface area contributed by atoms with Gasteiger partial charge in [-0.25, -0.2) is 4.79 Å². The van der Waals surface area contributed by atoms with E-state index < -0.39 is 72.4 Å². The van der Waals surface area contributed by atoms with Crippen molar-refractivity contribution >= 4 is 0 Å². The lowest BCUT2D eigenvalue weighted by atomic mass is 9.89. The molecule has 2 fully saturated rings. The van der Waals surface area contributed by atoms with Crippen molar-refractivity contribution in [2.24, 2.45) is 5.92 Å². The van der Waals surface area contributed by atoms with E-state index in [2.05, 4.69) is 0 Å².